The molecule has 2 aliphatic rings. The summed E-state index contributed by atoms with van der Waals surface area (Å²) in [6.45, 7) is 1.32. The molecule has 4 nitrogen and oxygen atoms in total. The molecule has 20 heavy (non-hydrogen) atoms. The number of aromatic hydroxyl groups is 1. The topological polar surface area (TPSA) is 43.8 Å². The summed E-state index contributed by atoms with van der Waals surface area (Å²) in [7, 11) is 2.11. The first-order valence-electron chi connectivity index (χ1n) is 7.06. The number of likely N-dealkylation sites (N-methyl/N-ethyl adjacent to an activating group) is 1. The van der Waals surface area contributed by atoms with Gasteiger partial charge < -0.3 is 10.0 Å². The van der Waals surface area contributed by atoms with Gasteiger partial charge in [-0.2, -0.15) is 0 Å². The first-order chi connectivity index (χ1) is 9.56. The molecule has 0 radical (unpaired) electrons. The molecule has 2 unspecified atom stereocenters. The number of carbonyl (C=O) groups excluding carboxylic acids is 1. The molecular formula is C15H19FN2O2. The maximum Gasteiger partial charge on any atom is 0.257 e. The summed E-state index contributed by atoms with van der Waals surface area (Å²) >= 11 is 0. The molecule has 0 aliphatic carbocycles. The largest absolute Gasteiger partial charge is 0.507 e. The van der Waals surface area contributed by atoms with E-state index in [0.717, 1.165) is 25.0 Å². The number of hydrogen-bond donors (Lipinski definition) is 1. The zero-order chi connectivity index (χ0) is 14.3. The van der Waals surface area contributed by atoms with Crippen LogP contribution in [0.4, 0.5) is 4.39 Å². The molecule has 1 aromatic carbocycles. The Hall–Kier alpha value is -1.62. The van der Waals surface area contributed by atoms with Crippen LogP contribution in [0.2, 0.25) is 0 Å². The number of phenols is 1. The van der Waals surface area contributed by atoms with Crippen LogP contribution < -0.4 is 0 Å². The Morgan fingerprint density at radius 1 is 1.30 bits per heavy atom. The highest BCUT2D eigenvalue weighted by Gasteiger charge is 2.36. The molecule has 2 fully saturated rings. The molecule has 0 saturated carbocycles. The molecule has 1 aromatic rings. The van der Waals surface area contributed by atoms with Crippen molar-refractivity contribution in [1.82, 2.24) is 9.80 Å². The van der Waals surface area contributed by atoms with Crippen molar-refractivity contribution in [3.63, 3.8) is 0 Å². The highest BCUT2D eigenvalue weighted by molar-refractivity contribution is 5.96. The Balaban J connectivity index is 1.82. The molecule has 0 spiro atoms. The Kier molecular flexibility index (Phi) is 3.38. The molecule has 2 atom stereocenters. The Bertz CT molecular complexity index is 535. The lowest BCUT2D eigenvalue weighted by Gasteiger charge is -2.26. The van der Waals surface area contributed by atoms with Crippen LogP contribution in [-0.2, 0) is 0 Å². The average Bonchev–Trinajstić information content (AvgIpc) is 2.65. The lowest BCUT2D eigenvalue weighted by Crippen LogP contribution is -2.39. The number of phenolic OH excluding ortho intramolecular Hbond substituents is 1. The minimum Gasteiger partial charge on any atom is -0.507 e. The van der Waals surface area contributed by atoms with Crippen molar-refractivity contribution in [3.05, 3.63) is 29.6 Å². The van der Waals surface area contributed by atoms with Crippen LogP contribution in [0.3, 0.4) is 0 Å². The van der Waals surface area contributed by atoms with Gasteiger partial charge in [0.25, 0.3) is 5.91 Å². The van der Waals surface area contributed by atoms with Gasteiger partial charge >= 0.3 is 0 Å². The molecule has 2 heterocycles. The fraction of sp³-hybridized carbons (Fsp3) is 0.533. The van der Waals surface area contributed by atoms with Gasteiger partial charge in [0.2, 0.25) is 0 Å². The first-order valence-corrected chi connectivity index (χ1v) is 7.06. The van der Waals surface area contributed by atoms with Gasteiger partial charge in [-0.05, 0) is 44.5 Å². The van der Waals surface area contributed by atoms with E-state index in [1.165, 1.54) is 12.5 Å². The standard InChI is InChI=1S/C15H19FN2O2/c1-17-11-3-4-12(17)9-18(7-6-11)15(20)13-8-10(16)2-5-14(13)19/h2,5,8,11-12,19H,3-4,6-7,9H2,1H3. The van der Waals surface area contributed by atoms with Crippen LogP contribution in [-0.4, -0.2) is 53.0 Å². The second-order valence-corrected chi connectivity index (χ2v) is 5.75. The second-order valence-electron chi connectivity index (χ2n) is 5.75. The molecule has 2 aliphatic heterocycles. The zero-order valence-corrected chi connectivity index (χ0v) is 11.6. The minimum absolute atomic E-state index is 0.0606. The monoisotopic (exact) mass is 278 g/mol. The quantitative estimate of drug-likeness (QED) is 0.852. The van der Waals surface area contributed by atoms with Gasteiger partial charge in [0.1, 0.15) is 11.6 Å². The number of rotatable bonds is 1. The molecule has 1 N–H and O–H groups in total. The van der Waals surface area contributed by atoms with Crippen molar-refractivity contribution in [2.75, 3.05) is 20.1 Å². The van der Waals surface area contributed by atoms with E-state index >= 15 is 0 Å². The number of benzene rings is 1. The van der Waals surface area contributed by atoms with Gasteiger partial charge in [-0.25, -0.2) is 4.39 Å². The predicted octanol–water partition coefficient (Wildman–Crippen LogP) is 1.84. The third kappa shape index (κ3) is 2.26. The third-order valence-corrected chi connectivity index (χ3v) is 4.62. The number of fused-ring (bicyclic) bond motifs is 2. The molecule has 108 valence electrons. The van der Waals surface area contributed by atoms with Gasteiger partial charge in [0, 0.05) is 25.2 Å². The lowest BCUT2D eigenvalue weighted by molar-refractivity contribution is 0.0736. The van der Waals surface area contributed by atoms with Crippen LogP contribution in [0.5, 0.6) is 5.75 Å². The molecule has 3 rings (SSSR count). The number of amides is 1. The molecular weight excluding hydrogens is 259 g/mol. The highest BCUT2D eigenvalue weighted by Crippen LogP contribution is 2.30. The predicted molar refractivity (Wildman–Crippen MR) is 73.2 cm³/mol. The molecule has 5 heteroatoms. The molecule has 2 bridgehead atoms. The van der Waals surface area contributed by atoms with Crippen molar-refractivity contribution < 1.29 is 14.3 Å². The van der Waals surface area contributed by atoms with E-state index in [1.54, 1.807) is 4.90 Å². The number of carbonyl (C=O) groups is 1. The average molecular weight is 278 g/mol. The van der Waals surface area contributed by atoms with Crippen molar-refractivity contribution in [1.29, 1.82) is 0 Å². The van der Waals surface area contributed by atoms with Crippen LogP contribution in [0.25, 0.3) is 0 Å². The molecule has 1 amide bonds. The fourth-order valence-electron chi connectivity index (χ4n) is 3.34. The molecule has 0 aromatic heterocycles. The van der Waals surface area contributed by atoms with E-state index in [2.05, 4.69) is 11.9 Å². The van der Waals surface area contributed by atoms with Gasteiger partial charge in [0.05, 0.1) is 5.56 Å². The van der Waals surface area contributed by atoms with Crippen molar-refractivity contribution in [2.24, 2.45) is 0 Å². The van der Waals surface area contributed by atoms with E-state index in [9.17, 15) is 14.3 Å². The van der Waals surface area contributed by atoms with Crippen molar-refractivity contribution in [2.45, 2.75) is 31.3 Å². The number of likely N-dealkylation sites (tertiary alicyclic amines) is 1. The van der Waals surface area contributed by atoms with E-state index in [4.69, 9.17) is 0 Å². The Morgan fingerprint density at radius 3 is 2.85 bits per heavy atom. The summed E-state index contributed by atoms with van der Waals surface area (Å²) < 4.78 is 13.3. The fourth-order valence-corrected chi connectivity index (χ4v) is 3.34. The van der Waals surface area contributed by atoms with Gasteiger partial charge in [-0.3, -0.25) is 9.69 Å². The molecule has 2 saturated heterocycles. The van der Waals surface area contributed by atoms with Crippen molar-refractivity contribution >= 4 is 5.91 Å². The Labute approximate surface area is 117 Å². The van der Waals surface area contributed by atoms with Gasteiger partial charge in [0.15, 0.2) is 0 Å². The summed E-state index contributed by atoms with van der Waals surface area (Å²) in [6, 6.07) is 4.43. The summed E-state index contributed by atoms with van der Waals surface area (Å²) in [5.74, 6) is -0.929. The van der Waals surface area contributed by atoms with E-state index in [1.807, 2.05) is 0 Å². The van der Waals surface area contributed by atoms with Gasteiger partial charge in [-0.1, -0.05) is 0 Å². The smallest absolute Gasteiger partial charge is 0.257 e. The number of nitrogens with zero attached hydrogens (tertiary/aromatic N) is 2. The normalized spacial score (nSPS) is 26.6. The van der Waals surface area contributed by atoms with E-state index in [-0.39, 0.29) is 17.2 Å². The number of hydrogen-bond acceptors (Lipinski definition) is 3. The minimum atomic E-state index is -0.500. The van der Waals surface area contributed by atoms with Crippen LogP contribution in [0.15, 0.2) is 18.2 Å². The van der Waals surface area contributed by atoms with Crippen molar-refractivity contribution in [3.8, 4) is 5.75 Å². The second kappa shape index (κ2) is 5.05. The maximum atomic E-state index is 13.3. The van der Waals surface area contributed by atoms with Crippen LogP contribution in [0.1, 0.15) is 29.6 Å². The summed E-state index contributed by atoms with van der Waals surface area (Å²) in [6.07, 6.45) is 3.23. The summed E-state index contributed by atoms with van der Waals surface area (Å²) in [5, 5.41) is 9.77. The number of halogens is 1. The van der Waals surface area contributed by atoms with Gasteiger partial charge in [-0.15, -0.1) is 0 Å². The third-order valence-electron chi connectivity index (χ3n) is 4.62. The van der Waals surface area contributed by atoms with Crippen LogP contribution in [0, 0.1) is 5.82 Å². The maximum absolute atomic E-state index is 13.3. The zero-order valence-electron chi connectivity index (χ0n) is 11.6. The van der Waals surface area contributed by atoms with E-state index in [0.29, 0.717) is 25.2 Å². The highest BCUT2D eigenvalue weighted by atomic mass is 19.1. The SMILES string of the molecule is CN1C2CCC1CN(C(=O)c1cc(F)ccc1O)CC2. The van der Waals surface area contributed by atoms with E-state index < -0.39 is 5.82 Å². The lowest BCUT2D eigenvalue weighted by atomic mass is 10.1. The first kappa shape index (κ1) is 13.4. The Morgan fingerprint density at radius 2 is 2.05 bits per heavy atom. The summed E-state index contributed by atoms with van der Waals surface area (Å²) in [4.78, 5) is 16.6. The van der Waals surface area contributed by atoms with Crippen LogP contribution >= 0.6 is 0 Å². The summed E-state index contributed by atoms with van der Waals surface area (Å²) in [5.41, 5.74) is 0.0606.